The third-order valence-corrected chi connectivity index (χ3v) is 4.26. The lowest BCUT2D eigenvalue weighted by Crippen LogP contribution is -2.35. The van der Waals surface area contributed by atoms with E-state index < -0.39 is 0 Å². The fraction of sp³-hybridized carbons (Fsp3) is 0.316. The molecule has 132 valence electrons. The molecule has 0 radical (unpaired) electrons. The Morgan fingerprint density at radius 2 is 1.64 bits per heavy atom. The van der Waals surface area contributed by atoms with E-state index >= 15 is 0 Å². The molecule has 1 aliphatic heterocycles. The van der Waals surface area contributed by atoms with Crippen LogP contribution in [0.25, 0.3) is 0 Å². The Morgan fingerprint density at radius 1 is 1.00 bits per heavy atom. The van der Waals surface area contributed by atoms with E-state index in [1.54, 1.807) is 0 Å². The Bertz CT molecular complexity index is 712. The van der Waals surface area contributed by atoms with Gasteiger partial charge in [0, 0.05) is 50.5 Å². The van der Waals surface area contributed by atoms with E-state index in [0.29, 0.717) is 0 Å². The summed E-state index contributed by atoms with van der Waals surface area (Å²) in [5.41, 5.74) is 10.9. The average Bonchev–Trinajstić information content (AvgIpc) is 3.05. The number of anilines is 3. The first-order valence-corrected chi connectivity index (χ1v) is 8.44. The van der Waals surface area contributed by atoms with Crippen molar-refractivity contribution in [1.29, 1.82) is 0 Å². The Hall–Kier alpha value is -2.57. The monoisotopic (exact) mass is 339 g/mol. The molecule has 4 N–H and O–H groups in total. The molecule has 0 aromatic heterocycles. The van der Waals surface area contributed by atoms with Crippen molar-refractivity contribution in [1.82, 2.24) is 10.9 Å². The number of rotatable bonds is 5. The van der Waals surface area contributed by atoms with Crippen molar-refractivity contribution in [2.45, 2.75) is 25.6 Å². The van der Waals surface area contributed by atoms with Crippen LogP contribution in [-0.4, -0.2) is 26.2 Å². The molecule has 0 spiro atoms. The lowest BCUT2D eigenvalue weighted by atomic mass is 10.0. The van der Waals surface area contributed by atoms with E-state index in [0.717, 1.165) is 17.8 Å². The van der Waals surface area contributed by atoms with Gasteiger partial charge < -0.3 is 15.5 Å². The van der Waals surface area contributed by atoms with Gasteiger partial charge in [-0.05, 0) is 42.0 Å². The number of carbonyl (C=O) groups is 1. The number of carbonyl (C=O) groups excluding carboxylic acids is 1. The minimum atomic E-state index is -0.0644. The highest BCUT2D eigenvalue weighted by Gasteiger charge is 2.24. The lowest BCUT2D eigenvalue weighted by molar-refractivity contribution is -0.114. The third kappa shape index (κ3) is 4.49. The summed E-state index contributed by atoms with van der Waals surface area (Å²) in [4.78, 5) is 13.2. The highest BCUT2D eigenvalue weighted by molar-refractivity contribution is 5.88. The number of nitrogens with zero attached hydrogens (tertiary/aromatic N) is 1. The molecule has 6 nitrogen and oxygen atoms in total. The first kappa shape index (κ1) is 17.3. The van der Waals surface area contributed by atoms with Crippen molar-refractivity contribution in [2.75, 3.05) is 29.6 Å². The van der Waals surface area contributed by atoms with Gasteiger partial charge in [0.1, 0.15) is 0 Å². The number of amides is 1. The zero-order valence-electron chi connectivity index (χ0n) is 14.8. The van der Waals surface area contributed by atoms with Gasteiger partial charge in [-0.15, -0.1) is 0 Å². The van der Waals surface area contributed by atoms with E-state index in [1.165, 1.54) is 18.2 Å². The summed E-state index contributed by atoms with van der Waals surface area (Å²) < 4.78 is 0. The van der Waals surface area contributed by atoms with Crippen LogP contribution in [0.1, 0.15) is 24.9 Å². The summed E-state index contributed by atoms with van der Waals surface area (Å²) in [5.74, 6) is -0.0644. The maximum Gasteiger partial charge on any atom is 0.221 e. The first-order chi connectivity index (χ1) is 12.0. The second-order valence-electron chi connectivity index (χ2n) is 6.52. The zero-order valence-corrected chi connectivity index (χ0v) is 14.8. The minimum absolute atomic E-state index is 0.0644. The van der Waals surface area contributed by atoms with E-state index in [9.17, 15) is 4.79 Å². The van der Waals surface area contributed by atoms with Gasteiger partial charge in [0.15, 0.2) is 0 Å². The van der Waals surface area contributed by atoms with Gasteiger partial charge in [-0.2, -0.15) is 0 Å². The van der Waals surface area contributed by atoms with Crippen LogP contribution in [0.2, 0.25) is 0 Å². The Labute approximate surface area is 148 Å². The minimum Gasteiger partial charge on any atom is -0.378 e. The van der Waals surface area contributed by atoms with E-state index in [-0.39, 0.29) is 18.1 Å². The number of benzene rings is 2. The smallest absolute Gasteiger partial charge is 0.221 e. The van der Waals surface area contributed by atoms with E-state index in [4.69, 9.17) is 0 Å². The molecule has 1 saturated heterocycles. The summed E-state index contributed by atoms with van der Waals surface area (Å²) >= 11 is 0. The highest BCUT2D eigenvalue weighted by atomic mass is 16.1. The van der Waals surface area contributed by atoms with Crippen molar-refractivity contribution < 1.29 is 4.79 Å². The van der Waals surface area contributed by atoms with Gasteiger partial charge in [0.25, 0.3) is 0 Å². The molecule has 25 heavy (non-hydrogen) atoms. The number of hydrazine groups is 1. The fourth-order valence-electron chi connectivity index (χ4n) is 2.93. The van der Waals surface area contributed by atoms with Crippen LogP contribution in [0.4, 0.5) is 17.1 Å². The van der Waals surface area contributed by atoms with Gasteiger partial charge in [-0.3, -0.25) is 4.79 Å². The maximum atomic E-state index is 11.1. The largest absolute Gasteiger partial charge is 0.378 e. The van der Waals surface area contributed by atoms with Gasteiger partial charge in [0.2, 0.25) is 5.91 Å². The topological polar surface area (TPSA) is 68.4 Å². The molecule has 2 aromatic carbocycles. The standard InChI is InChI=1S/C19H25N5O/c1-13(25)20-15-6-8-16(9-7-15)21-19-12-18(22-23-19)14-4-10-17(11-5-14)24(2)3/h4-11,18-19,21-23H,12H2,1-3H3,(H,20,25). The summed E-state index contributed by atoms with van der Waals surface area (Å²) in [6.07, 6.45) is 1.08. The molecule has 2 aromatic rings. The van der Waals surface area contributed by atoms with Gasteiger partial charge in [-0.1, -0.05) is 12.1 Å². The van der Waals surface area contributed by atoms with Gasteiger partial charge >= 0.3 is 0 Å². The SMILES string of the molecule is CC(=O)Nc1ccc(NC2CC(c3ccc(N(C)C)cc3)NN2)cc1. The van der Waals surface area contributed by atoms with Crippen molar-refractivity contribution in [3.8, 4) is 0 Å². The molecule has 1 amide bonds. The van der Waals surface area contributed by atoms with E-state index in [2.05, 4.69) is 50.7 Å². The average molecular weight is 339 g/mol. The summed E-state index contributed by atoms with van der Waals surface area (Å²) in [7, 11) is 4.09. The Morgan fingerprint density at radius 3 is 2.24 bits per heavy atom. The van der Waals surface area contributed by atoms with Gasteiger partial charge in [-0.25, -0.2) is 10.9 Å². The molecular weight excluding hydrogens is 314 g/mol. The van der Waals surface area contributed by atoms with Crippen LogP contribution >= 0.6 is 0 Å². The third-order valence-electron chi connectivity index (χ3n) is 4.26. The maximum absolute atomic E-state index is 11.1. The van der Waals surface area contributed by atoms with Crippen molar-refractivity contribution in [3.05, 3.63) is 54.1 Å². The molecular formula is C19H25N5O. The molecule has 3 rings (SSSR count). The normalized spacial score (nSPS) is 19.5. The van der Waals surface area contributed by atoms with Crippen molar-refractivity contribution >= 4 is 23.0 Å². The molecule has 1 aliphatic rings. The van der Waals surface area contributed by atoms with Crippen LogP contribution in [-0.2, 0) is 4.79 Å². The zero-order chi connectivity index (χ0) is 17.8. The molecule has 2 atom stereocenters. The summed E-state index contributed by atoms with van der Waals surface area (Å²) in [5, 5.41) is 6.22. The Balaban J connectivity index is 1.56. The van der Waals surface area contributed by atoms with Crippen molar-refractivity contribution in [2.24, 2.45) is 0 Å². The summed E-state index contributed by atoms with van der Waals surface area (Å²) in [6, 6.07) is 16.6. The first-order valence-electron chi connectivity index (χ1n) is 8.44. The molecule has 6 heteroatoms. The summed E-state index contributed by atoms with van der Waals surface area (Å²) in [6.45, 7) is 1.51. The number of hydrogen-bond donors (Lipinski definition) is 4. The molecule has 1 heterocycles. The van der Waals surface area contributed by atoms with Crippen LogP contribution in [0.15, 0.2) is 48.5 Å². The molecule has 0 aliphatic carbocycles. The second-order valence-corrected chi connectivity index (χ2v) is 6.52. The molecule has 1 fully saturated rings. The second kappa shape index (κ2) is 7.55. The highest BCUT2D eigenvalue weighted by Crippen LogP contribution is 2.25. The van der Waals surface area contributed by atoms with Crippen LogP contribution in [0.5, 0.6) is 0 Å². The van der Waals surface area contributed by atoms with E-state index in [1.807, 2.05) is 38.4 Å². The lowest BCUT2D eigenvalue weighted by Gasteiger charge is -2.15. The quantitative estimate of drug-likeness (QED) is 0.674. The van der Waals surface area contributed by atoms with Crippen LogP contribution in [0.3, 0.4) is 0 Å². The fourth-order valence-corrected chi connectivity index (χ4v) is 2.93. The van der Waals surface area contributed by atoms with Crippen LogP contribution < -0.4 is 26.4 Å². The number of hydrogen-bond acceptors (Lipinski definition) is 5. The van der Waals surface area contributed by atoms with Gasteiger partial charge in [0.05, 0.1) is 6.17 Å². The predicted octanol–water partition coefficient (Wildman–Crippen LogP) is 2.69. The predicted molar refractivity (Wildman–Crippen MR) is 103 cm³/mol. The van der Waals surface area contributed by atoms with Crippen LogP contribution in [0, 0.1) is 0 Å². The molecule has 2 unspecified atom stereocenters. The molecule has 0 saturated carbocycles. The Kier molecular flexibility index (Phi) is 5.21. The van der Waals surface area contributed by atoms with Crippen molar-refractivity contribution in [3.63, 3.8) is 0 Å². The number of nitrogens with one attached hydrogen (secondary N) is 4. The molecule has 0 bridgehead atoms.